The minimum absolute atomic E-state index is 0.0261. The maximum absolute atomic E-state index is 12.7. The van der Waals surface area contributed by atoms with Crippen molar-refractivity contribution in [3.05, 3.63) is 61.6 Å². The molecule has 30 heavy (non-hydrogen) atoms. The second kappa shape index (κ2) is 9.61. The highest BCUT2D eigenvalue weighted by atomic mass is 35.5. The molecule has 2 aromatic carbocycles. The van der Waals surface area contributed by atoms with Crippen LogP contribution in [-0.2, 0) is 9.59 Å². The van der Waals surface area contributed by atoms with E-state index in [-0.39, 0.29) is 34.8 Å². The molecule has 1 unspecified atom stereocenters. The Morgan fingerprint density at radius 1 is 1.10 bits per heavy atom. The number of rotatable bonds is 6. The fraction of sp³-hybridized carbons (Fsp3) is 0.263. The second-order valence-corrected chi connectivity index (χ2v) is 8.03. The van der Waals surface area contributed by atoms with Gasteiger partial charge in [0.1, 0.15) is 0 Å². The van der Waals surface area contributed by atoms with Crippen molar-refractivity contribution in [2.45, 2.75) is 18.9 Å². The van der Waals surface area contributed by atoms with Crippen molar-refractivity contribution in [2.24, 2.45) is 0 Å². The van der Waals surface area contributed by atoms with E-state index in [4.69, 9.17) is 34.8 Å². The zero-order valence-corrected chi connectivity index (χ0v) is 17.8. The number of halogens is 3. The Morgan fingerprint density at radius 3 is 2.43 bits per heavy atom. The lowest BCUT2D eigenvalue weighted by Crippen LogP contribution is -2.43. The molecule has 3 rings (SSSR count). The van der Waals surface area contributed by atoms with Gasteiger partial charge in [-0.1, -0.05) is 34.8 Å². The number of nitro groups is 1. The van der Waals surface area contributed by atoms with Crippen molar-refractivity contribution < 1.29 is 14.5 Å². The van der Waals surface area contributed by atoms with Crippen LogP contribution in [0.4, 0.5) is 17.1 Å². The summed E-state index contributed by atoms with van der Waals surface area (Å²) in [6.45, 7) is 0.553. The van der Waals surface area contributed by atoms with Crippen molar-refractivity contribution in [3.8, 4) is 0 Å². The lowest BCUT2D eigenvalue weighted by Gasteiger charge is -2.23. The van der Waals surface area contributed by atoms with Gasteiger partial charge in [-0.3, -0.25) is 24.6 Å². The number of carbonyl (C=O) groups excluding carboxylic acids is 2. The van der Waals surface area contributed by atoms with Crippen LogP contribution in [0.2, 0.25) is 15.1 Å². The molecule has 1 saturated heterocycles. The lowest BCUT2D eigenvalue weighted by molar-refractivity contribution is -0.384. The number of likely N-dealkylation sites (tertiary alicyclic amines) is 1. The van der Waals surface area contributed by atoms with E-state index in [0.29, 0.717) is 28.7 Å². The standard InChI is InChI=1S/C19H17Cl3N4O4/c20-11-6-12(21)8-13(7-11)23-19(28)17-2-1-5-25(17)10-18(27)24-16-4-3-14(26(29)30)9-15(16)22/h3-4,6-9,17H,1-2,5,10H2,(H,23,28)(H,24,27). The summed E-state index contributed by atoms with van der Waals surface area (Å²) in [5, 5.41) is 17.1. The molecule has 0 bridgehead atoms. The van der Waals surface area contributed by atoms with Gasteiger partial charge in [-0.05, 0) is 43.7 Å². The van der Waals surface area contributed by atoms with Crippen LogP contribution in [0.3, 0.4) is 0 Å². The molecule has 1 heterocycles. The predicted octanol–water partition coefficient (Wildman–Crippen LogP) is 4.60. The van der Waals surface area contributed by atoms with Gasteiger partial charge in [-0.2, -0.15) is 0 Å². The highest BCUT2D eigenvalue weighted by molar-refractivity contribution is 6.35. The lowest BCUT2D eigenvalue weighted by atomic mass is 10.2. The van der Waals surface area contributed by atoms with E-state index in [0.717, 1.165) is 6.42 Å². The van der Waals surface area contributed by atoms with Gasteiger partial charge in [0.15, 0.2) is 0 Å². The fourth-order valence-corrected chi connectivity index (χ4v) is 4.01. The Bertz CT molecular complexity index is 981. The molecule has 2 amide bonds. The number of hydrogen-bond acceptors (Lipinski definition) is 5. The quantitative estimate of drug-likeness (QED) is 0.473. The van der Waals surface area contributed by atoms with E-state index in [2.05, 4.69) is 10.6 Å². The SMILES string of the molecule is O=C(CN1CCCC1C(=O)Nc1cc(Cl)cc(Cl)c1)Nc1ccc([N+](=O)[O-])cc1Cl. The maximum atomic E-state index is 12.7. The monoisotopic (exact) mass is 470 g/mol. The molecular formula is C19H17Cl3N4O4. The van der Waals surface area contributed by atoms with Crippen LogP contribution in [0.1, 0.15) is 12.8 Å². The molecule has 1 aliphatic heterocycles. The highest BCUT2D eigenvalue weighted by Crippen LogP contribution is 2.27. The van der Waals surface area contributed by atoms with E-state index >= 15 is 0 Å². The average Bonchev–Trinajstić information content (AvgIpc) is 3.10. The Kier molecular flexibility index (Phi) is 7.14. The van der Waals surface area contributed by atoms with Crippen LogP contribution in [0.5, 0.6) is 0 Å². The third kappa shape index (κ3) is 5.60. The molecule has 0 spiro atoms. The second-order valence-electron chi connectivity index (χ2n) is 6.75. The van der Waals surface area contributed by atoms with E-state index in [1.54, 1.807) is 23.1 Å². The van der Waals surface area contributed by atoms with Gasteiger partial charge < -0.3 is 10.6 Å². The number of carbonyl (C=O) groups is 2. The molecule has 11 heteroatoms. The van der Waals surface area contributed by atoms with Crippen LogP contribution in [0.15, 0.2) is 36.4 Å². The number of benzene rings is 2. The van der Waals surface area contributed by atoms with Gasteiger partial charge in [-0.15, -0.1) is 0 Å². The molecule has 158 valence electrons. The van der Waals surface area contributed by atoms with Crippen molar-refractivity contribution in [2.75, 3.05) is 23.7 Å². The molecule has 2 aromatic rings. The summed E-state index contributed by atoms with van der Waals surface area (Å²) in [5.41, 5.74) is 0.572. The predicted molar refractivity (Wildman–Crippen MR) is 116 cm³/mol. The maximum Gasteiger partial charge on any atom is 0.271 e. The fourth-order valence-electron chi connectivity index (χ4n) is 3.26. The highest BCUT2D eigenvalue weighted by Gasteiger charge is 2.32. The summed E-state index contributed by atoms with van der Waals surface area (Å²) in [5.74, 6) is -0.636. The number of nitrogens with one attached hydrogen (secondary N) is 2. The van der Waals surface area contributed by atoms with Crippen molar-refractivity contribution >= 4 is 63.7 Å². The molecule has 2 N–H and O–H groups in total. The molecule has 1 fully saturated rings. The zero-order valence-electron chi connectivity index (χ0n) is 15.5. The van der Waals surface area contributed by atoms with Gasteiger partial charge in [0.2, 0.25) is 11.8 Å². The number of non-ortho nitro benzene ring substituents is 1. The van der Waals surface area contributed by atoms with Crippen LogP contribution < -0.4 is 10.6 Å². The third-order valence-corrected chi connectivity index (χ3v) is 5.33. The molecule has 0 radical (unpaired) electrons. The summed E-state index contributed by atoms with van der Waals surface area (Å²) in [6, 6.07) is 8.05. The first-order valence-electron chi connectivity index (χ1n) is 8.98. The zero-order chi connectivity index (χ0) is 21.8. The summed E-state index contributed by atoms with van der Waals surface area (Å²) in [4.78, 5) is 37.1. The minimum Gasteiger partial charge on any atom is -0.325 e. The van der Waals surface area contributed by atoms with Gasteiger partial charge in [0.05, 0.1) is 28.2 Å². The van der Waals surface area contributed by atoms with Gasteiger partial charge in [0.25, 0.3) is 5.69 Å². The molecule has 1 atom stereocenters. The Morgan fingerprint density at radius 2 is 1.80 bits per heavy atom. The van der Waals surface area contributed by atoms with E-state index in [1.807, 2.05) is 0 Å². The molecule has 0 saturated carbocycles. The summed E-state index contributed by atoms with van der Waals surface area (Å²) in [7, 11) is 0. The first kappa shape index (κ1) is 22.3. The van der Waals surface area contributed by atoms with Crippen molar-refractivity contribution in [1.82, 2.24) is 4.90 Å². The number of nitrogens with zero attached hydrogens (tertiary/aromatic N) is 2. The summed E-state index contributed by atoms with van der Waals surface area (Å²) >= 11 is 17.9. The van der Waals surface area contributed by atoms with Crippen LogP contribution >= 0.6 is 34.8 Å². The van der Waals surface area contributed by atoms with Crippen LogP contribution in [0, 0.1) is 10.1 Å². The normalized spacial score (nSPS) is 16.3. The van der Waals surface area contributed by atoms with E-state index < -0.39 is 11.0 Å². The van der Waals surface area contributed by atoms with E-state index in [1.165, 1.54) is 18.2 Å². The first-order valence-corrected chi connectivity index (χ1v) is 10.1. The summed E-state index contributed by atoms with van der Waals surface area (Å²) < 4.78 is 0. The molecule has 8 nitrogen and oxygen atoms in total. The van der Waals surface area contributed by atoms with Gasteiger partial charge in [0, 0.05) is 27.9 Å². The number of nitro benzene ring substituents is 1. The smallest absolute Gasteiger partial charge is 0.271 e. The molecule has 0 aliphatic carbocycles. The molecular weight excluding hydrogens is 455 g/mol. The minimum atomic E-state index is -0.571. The molecule has 0 aromatic heterocycles. The van der Waals surface area contributed by atoms with Crippen LogP contribution in [-0.4, -0.2) is 40.8 Å². The number of amides is 2. The number of hydrogen-bond donors (Lipinski definition) is 2. The largest absolute Gasteiger partial charge is 0.325 e. The van der Waals surface area contributed by atoms with Gasteiger partial charge >= 0.3 is 0 Å². The van der Waals surface area contributed by atoms with Crippen LogP contribution in [0.25, 0.3) is 0 Å². The summed E-state index contributed by atoms with van der Waals surface area (Å²) in [6.07, 6.45) is 1.37. The Labute approximate surface area is 187 Å². The Balaban J connectivity index is 1.62. The topological polar surface area (TPSA) is 105 Å². The first-order chi connectivity index (χ1) is 14.2. The van der Waals surface area contributed by atoms with Crippen molar-refractivity contribution in [3.63, 3.8) is 0 Å². The van der Waals surface area contributed by atoms with Gasteiger partial charge in [-0.25, -0.2) is 0 Å². The van der Waals surface area contributed by atoms with Crippen molar-refractivity contribution in [1.29, 1.82) is 0 Å². The number of anilines is 2. The third-order valence-electron chi connectivity index (χ3n) is 4.58. The average molecular weight is 472 g/mol. The Hall–Kier alpha value is -2.39. The van der Waals surface area contributed by atoms with E-state index in [9.17, 15) is 19.7 Å². The molecule has 1 aliphatic rings.